The third-order valence-corrected chi connectivity index (χ3v) is 7.10. The maximum Gasteiger partial charge on any atom is 0.270 e. The van der Waals surface area contributed by atoms with Gasteiger partial charge < -0.3 is 9.47 Å². The topological polar surface area (TPSA) is 72.9 Å². The van der Waals surface area contributed by atoms with Crippen LogP contribution in [0.2, 0.25) is 0 Å². The largest absolute Gasteiger partial charge is 0.497 e. The highest BCUT2D eigenvalue weighted by molar-refractivity contribution is 7.93. The van der Waals surface area contributed by atoms with Crippen LogP contribution in [0.1, 0.15) is 39.2 Å². The SMILES string of the molecule is COc1ccc(N(C(=O)CCCOc2ccc(C(C)(C)C)cc2)S(=O)(=O)c2ccccc2)cc1. The molecule has 0 aliphatic heterocycles. The highest BCUT2D eigenvalue weighted by Gasteiger charge is 2.30. The molecule has 0 unspecified atom stereocenters. The zero-order valence-corrected chi connectivity index (χ0v) is 20.8. The fraction of sp³-hybridized carbons (Fsp3) is 0.296. The fourth-order valence-electron chi connectivity index (χ4n) is 3.40. The lowest BCUT2D eigenvalue weighted by molar-refractivity contribution is -0.117. The van der Waals surface area contributed by atoms with E-state index in [9.17, 15) is 13.2 Å². The van der Waals surface area contributed by atoms with Gasteiger partial charge in [0.25, 0.3) is 10.0 Å². The van der Waals surface area contributed by atoms with Crippen LogP contribution in [0.3, 0.4) is 0 Å². The highest BCUT2D eigenvalue weighted by atomic mass is 32.2. The summed E-state index contributed by atoms with van der Waals surface area (Å²) in [4.78, 5) is 13.2. The molecule has 180 valence electrons. The molecule has 0 aromatic heterocycles. The van der Waals surface area contributed by atoms with E-state index >= 15 is 0 Å². The van der Waals surface area contributed by atoms with Crippen LogP contribution in [0, 0.1) is 0 Å². The Morgan fingerprint density at radius 3 is 2.00 bits per heavy atom. The summed E-state index contributed by atoms with van der Waals surface area (Å²) < 4.78 is 38.5. The summed E-state index contributed by atoms with van der Waals surface area (Å²) in [7, 11) is -2.56. The highest BCUT2D eigenvalue weighted by Crippen LogP contribution is 2.27. The second-order valence-corrected chi connectivity index (χ2v) is 10.7. The standard InChI is InChI=1S/C27H31NO5S/c1-27(2,3)21-12-16-24(17-13-21)33-20-8-11-26(29)28(22-14-18-23(32-4)19-15-22)34(30,31)25-9-6-5-7-10-25/h5-7,9-10,12-19H,8,11,20H2,1-4H3. The van der Waals surface area contributed by atoms with Gasteiger partial charge in [0, 0.05) is 6.42 Å². The molecule has 7 heteroatoms. The minimum absolute atomic E-state index is 0.0121. The van der Waals surface area contributed by atoms with Crippen molar-refractivity contribution in [2.75, 3.05) is 18.0 Å². The average Bonchev–Trinajstić information content (AvgIpc) is 2.82. The van der Waals surface area contributed by atoms with Gasteiger partial charge in [0.2, 0.25) is 5.91 Å². The van der Waals surface area contributed by atoms with Crippen molar-refractivity contribution in [3.05, 3.63) is 84.4 Å². The second-order valence-electron chi connectivity index (χ2n) is 8.90. The number of sulfonamides is 1. The lowest BCUT2D eigenvalue weighted by atomic mass is 9.87. The number of ether oxygens (including phenoxy) is 2. The second kappa shape index (κ2) is 10.7. The Labute approximate surface area is 202 Å². The van der Waals surface area contributed by atoms with Gasteiger partial charge in [0.05, 0.1) is 24.3 Å². The smallest absolute Gasteiger partial charge is 0.270 e. The zero-order chi connectivity index (χ0) is 24.8. The molecule has 0 radical (unpaired) electrons. The van der Waals surface area contributed by atoms with Crippen molar-refractivity contribution in [2.24, 2.45) is 0 Å². The Balaban J connectivity index is 1.71. The molecule has 0 fully saturated rings. The van der Waals surface area contributed by atoms with Crippen molar-refractivity contribution in [1.29, 1.82) is 0 Å². The Bertz CT molecular complexity index is 1180. The van der Waals surface area contributed by atoms with Crippen LogP contribution in [0.25, 0.3) is 0 Å². The number of rotatable bonds is 9. The third kappa shape index (κ3) is 6.17. The van der Waals surface area contributed by atoms with Gasteiger partial charge in [0.15, 0.2) is 0 Å². The number of hydrogen-bond donors (Lipinski definition) is 0. The van der Waals surface area contributed by atoms with Gasteiger partial charge in [-0.15, -0.1) is 0 Å². The molecule has 0 saturated heterocycles. The van der Waals surface area contributed by atoms with Gasteiger partial charge in [-0.1, -0.05) is 51.1 Å². The monoisotopic (exact) mass is 481 g/mol. The fourth-order valence-corrected chi connectivity index (χ4v) is 4.87. The molecule has 0 aliphatic rings. The summed E-state index contributed by atoms with van der Waals surface area (Å²) in [5, 5.41) is 0. The third-order valence-electron chi connectivity index (χ3n) is 5.34. The van der Waals surface area contributed by atoms with E-state index in [0.717, 1.165) is 4.31 Å². The van der Waals surface area contributed by atoms with E-state index in [2.05, 4.69) is 20.8 Å². The van der Waals surface area contributed by atoms with Crippen molar-refractivity contribution in [2.45, 2.75) is 43.9 Å². The first-order valence-electron chi connectivity index (χ1n) is 11.1. The molecule has 6 nitrogen and oxygen atoms in total. The van der Waals surface area contributed by atoms with Crippen molar-refractivity contribution < 1.29 is 22.7 Å². The van der Waals surface area contributed by atoms with Crippen molar-refractivity contribution in [3.8, 4) is 11.5 Å². The van der Waals surface area contributed by atoms with Crippen LogP contribution in [-0.2, 0) is 20.2 Å². The van der Waals surface area contributed by atoms with E-state index in [1.807, 2.05) is 24.3 Å². The lowest BCUT2D eigenvalue weighted by Crippen LogP contribution is -2.37. The van der Waals surface area contributed by atoms with Gasteiger partial charge >= 0.3 is 0 Å². The molecule has 0 saturated carbocycles. The van der Waals surface area contributed by atoms with Crippen molar-refractivity contribution in [1.82, 2.24) is 0 Å². The summed E-state index contributed by atoms with van der Waals surface area (Å²) in [6, 6.07) is 22.2. The summed E-state index contributed by atoms with van der Waals surface area (Å²) in [5.41, 5.74) is 1.52. The minimum Gasteiger partial charge on any atom is -0.497 e. The number of carbonyl (C=O) groups excluding carboxylic acids is 1. The van der Waals surface area contributed by atoms with Crippen LogP contribution in [0.4, 0.5) is 5.69 Å². The number of carbonyl (C=O) groups is 1. The molecule has 1 amide bonds. The Hall–Kier alpha value is -3.32. The van der Waals surface area contributed by atoms with E-state index in [4.69, 9.17) is 9.47 Å². The predicted molar refractivity (Wildman–Crippen MR) is 134 cm³/mol. The Kier molecular flexibility index (Phi) is 7.99. The number of anilines is 1. The number of amides is 1. The van der Waals surface area contributed by atoms with E-state index in [-0.39, 0.29) is 22.4 Å². The number of methoxy groups -OCH3 is 1. The van der Waals surface area contributed by atoms with Gasteiger partial charge in [-0.05, 0) is 65.9 Å². The molecule has 0 bridgehead atoms. The molecule has 3 rings (SSSR count). The summed E-state index contributed by atoms with van der Waals surface area (Å²) in [6.07, 6.45) is 0.384. The first-order valence-corrected chi connectivity index (χ1v) is 12.6. The van der Waals surface area contributed by atoms with Crippen LogP contribution in [0.5, 0.6) is 11.5 Å². The maximum atomic E-state index is 13.3. The van der Waals surface area contributed by atoms with Crippen LogP contribution in [-0.4, -0.2) is 28.0 Å². The van der Waals surface area contributed by atoms with Crippen LogP contribution < -0.4 is 13.8 Å². The molecule has 3 aromatic rings. The van der Waals surface area contributed by atoms with E-state index in [1.165, 1.54) is 24.8 Å². The van der Waals surface area contributed by atoms with E-state index in [0.29, 0.717) is 24.5 Å². The summed E-state index contributed by atoms with van der Waals surface area (Å²) >= 11 is 0. The molecule has 3 aromatic carbocycles. The summed E-state index contributed by atoms with van der Waals surface area (Å²) in [6.45, 7) is 6.73. The Morgan fingerprint density at radius 2 is 1.44 bits per heavy atom. The summed E-state index contributed by atoms with van der Waals surface area (Å²) in [5.74, 6) is 0.754. The molecular formula is C27H31NO5S. The first-order chi connectivity index (χ1) is 16.1. The molecule has 34 heavy (non-hydrogen) atoms. The van der Waals surface area contributed by atoms with Gasteiger partial charge in [-0.2, -0.15) is 0 Å². The average molecular weight is 482 g/mol. The number of hydrogen-bond acceptors (Lipinski definition) is 5. The zero-order valence-electron chi connectivity index (χ0n) is 20.0. The van der Waals surface area contributed by atoms with Crippen LogP contribution >= 0.6 is 0 Å². The molecule has 0 N–H and O–H groups in total. The van der Waals surface area contributed by atoms with Crippen molar-refractivity contribution in [3.63, 3.8) is 0 Å². The minimum atomic E-state index is -4.08. The van der Waals surface area contributed by atoms with Crippen molar-refractivity contribution >= 4 is 21.6 Å². The molecule has 0 aliphatic carbocycles. The molecule has 0 heterocycles. The maximum absolute atomic E-state index is 13.3. The molecule has 0 spiro atoms. The van der Waals surface area contributed by atoms with Gasteiger partial charge in [-0.3, -0.25) is 4.79 Å². The van der Waals surface area contributed by atoms with Crippen LogP contribution in [0.15, 0.2) is 83.8 Å². The van der Waals surface area contributed by atoms with E-state index in [1.54, 1.807) is 42.5 Å². The van der Waals surface area contributed by atoms with Gasteiger partial charge in [-0.25, -0.2) is 12.7 Å². The lowest BCUT2D eigenvalue weighted by Gasteiger charge is -2.23. The van der Waals surface area contributed by atoms with Gasteiger partial charge in [0.1, 0.15) is 11.5 Å². The normalized spacial score (nSPS) is 11.6. The van der Waals surface area contributed by atoms with E-state index < -0.39 is 15.9 Å². The first kappa shape index (κ1) is 25.3. The predicted octanol–water partition coefficient (Wildman–Crippen LogP) is 5.57. The molecular weight excluding hydrogens is 450 g/mol. The number of benzene rings is 3. The Morgan fingerprint density at radius 1 is 0.853 bits per heavy atom. The molecule has 0 atom stereocenters. The quantitative estimate of drug-likeness (QED) is 0.373. The number of nitrogens with zero attached hydrogens (tertiary/aromatic N) is 1.